The molecule has 5 rings (SSSR count). The minimum Gasteiger partial charge on any atom is -0.495 e. The summed E-state index contributed by atoms with van der Waals surface area (Å²) in [4.78, 5) is 21.7. The zero-order chi connectivity index (χ0) is 22.1. The summed E-state index contributed by atoms with van der Waals surface area (Å²) in [6.45, 7) is 2.69. The molecule has 1 aliphatic rings. The lowest BCUT2D eigenvalue weighted by atomic mass is 10.1. The molecule has 2 aromatic heterocycles. The molecule has 4 aromatic rings. The molecule has 7 heteroatoms. The minimum atomic E-state index is -0.267. The number of ether oxygens (including phenoxy) is 1. The lowest BCUT2D eigenvalue weighted by molar-refractivity contribution is 0.0741. The maximum Gasteiger partial charge on any atom is 0.274 e. The fourth-order valence-electron chi connectivity index (χ4n) is 4.11. The number of para-hydroxylation sites is 2. The van der Waals surface area contributed by atoms with Crippen LogP contribution in [-0.2, 0) is 0 Å². The fraction of sp³-hybridized carbons (Fsp3) is 0.200. The van der Waals surface area contributed by atoms with Crippen LogP contribution in [0.25, 0.3) is 16.8 Å². The zero-order valence-electron chi connectivity index (χ0n) is 17.7. The number of benzene rings is 2. The topological polar surface area (TPSA) is 50.1 Å². The van der Waals surface area contributed by atoms with Gasteiger partial charge in [0.15, 0.2) is 0 Å². The third-order valence-corrected chi connectivity index (χ3v) is 5.84. The summed E-state index contributed by atoms with van der Waals surface area (Å²) >= 11 is 0. The molecule has 3 heterocycles. The molecule has 1 amide bonds. The van der Waals surface area contributed by atoms with E-state index in [0.717, 1.165) is 35.7 Å². The molecule has 0 spiro atoms. The molecule has 32 heavy (non-hydrogen) atoms. The number of halogens is 1. The van der Waals surface area contributed by atoms with Crippen LogP contribution in [0.2, 0.25) is 0 Å². The lowest BCUT2D eigenvalue weighted by Gasteiger charge is -2.36. The van der Waals surface area contributed by atoms with Gasteiger partial charge in [0.05, 0.1) is 12.8 Å². The van der Waals surface area contributed by atoms with Crippen molar-refractivity contribution in [3.63, 3.8) is 0 Å². The minimum absolute atomic E-state index is 0.0725. The van der Waals surface area contributed by atoms with E-state index in [9.17, 15) is 9.18 Å². The van der Waals surface area contributed by atoms with E-state index in [0.29, 0.717) is 24.4 Å². The highest BCUT2D eigenvalue weighted by Gasteiger charge is 2.25. The molecule has 0 atom stereocenters. The van der Waals surface area contributed by atoms with Crippen molar-refractivity contribution in [2.24, 2.45) is 0 Å². The Labute approximate surface area is 185 Å². The summed E-state index contributed by atoms with van der Waals surface area (Å²) in [5.74, 6) is 0.498. The summed E-state index contributed by atoms with van der Waals surface area (Å²) in [5.41, 5.74) is 4.00. The summed E-state index contributed by atoms with van der Waals surface area (Å²) in [7, 11) is 1.67. The van der Waals surface area contributed by atoms with Gasteiger partial charge in [0.1, 0.15) is 22.9 Å². The van der Waals surface area contributed by atoms with E-state index in [4.69, 9.17) is 4.74 Å². The van der Waals surface area contributed by atoms with Crippen LogP contribution < -0.4 is 9.64 Å². The van der Waals surface area contributed by atoms with Gasteiger partial charge >= 0.3 is 0 Å². The van der Waals surface area contributed by atoms with E-state index in [2.05, 4.69) is 9.88 Å². The van der Waals surface area contributed by atoms with Crippen LogP contribution >= 0.6 is 0 Å². The van der Waals surface area contributed by atoms with Crippen molar-refractivity contribution >= 4 is 17.2 Å². The Balaban J connectivity index is 1.31. The number of piperazine rings is 1. The summed E-state index contributed by atoms with van der Waals surface area (Å²) in [6.07, 6.45) is 3.67. The van der Waals surface area contributed by atoms with E-state index in [-0.39, 0.29) is 11.7 Å². The molecule has 2 aromatic carbocycles. The summed E-state index contributed by atoms with van der Waals surface area (Å²) in [6, 6.07) is 18.1. The highest BCUT2D eigenvalue weighted by atomic mass is 19.1. The third kappa shape index (κ3) is 3.77. The number of pyridine rings is 1. The monoisotopic (exact) mass is 430 g/mol. The average molecular weight is 430 g/mol. The van der Waals surface area contributed by atoms with Gasteiger partial charge in [-0.1, -0.05) is 24.3 Å². The number of imidazole rings is 1. The number of hydrogen-bond donors (Lipinski definition) is 0. The summed E-state index contributed by atoms with van der Waals surface area (Å²) < 4.78 is 20.5. The molecule has 1 aliphatic heterocycles. The molecule has 0 radical (unpaired) electrons. The Morgan fingerprint density at radius 3 is 2.38 bits per heavy atom. The molecule has 0 bridgehead atoms. The van der Waals surface area contributed by atoms with Crippen molar-refractivity contribution in [2.75, 3.05) is 38.2 Å². The molecule has 1 fully saturated rings. The number of amides is 1. The van der Waals surface area contributed by atoms with Crippen LogP contribution in [0.1, 0.15) is 10.5 Å². The predicted octanol–water partition coefficient (Wildman–Crippen LogP) is 4.11. The molecule has 6 nitrogen and oxygen atoms in total. The number of anilines is 1. The number of fused-ring (bicyclic) bond motifs is 1. The molecule has 162 valence electrons. The van der Waals surface area contributed by atoms with E-state index in [1.807, 2.05) is 51.9 Å². The van der Waals surface area contributed by atoms with Crippen LogP contribution in [-0.4, -0.2) is 53.5 Å². The second kappa shape index (κ2) is 8.34. The maximum atomic E-state index is 13.2. The second-order valence-electron chi connectivity index (χ2n) is 7.77. The quantitative estimate of drug-likeness (QED) is 0.489. The van der Waals surface area contributed by atoms with Gasteiger partial charge in [-0.05, 0) is 47.5 Å². The van der Waals surface area contributed by atoms with Gasteiger partial charge in [-0.3, -0.25) is 4.79 Å². The van der Waals surface area contributed by atoms with Gasteiger partial charge in [-0.15, -0.1) is 0 Å². The van der Waals surface area contributed by atoms with Crippen LogP contribution in [0.3, 0.4) is 0 Å². The number of methoxy groups -OCH3 is 1. The van der Waals surface area contributed by atoms with Crippen LogP contribution in [0.4, 0.5) is 10.1 Å². The van der Waals surface area contributed by atoms with Crippen molar-refractivity contribution in [1.29, 1.82) is 0 Å². The van der Waals surface area contributed by atoms with E-state index in [1.165, 1.54) is 12.1 Å². The van der Waals surface area contributed by atoms with Crippen LogP contribution in [0.15, 0.2) is 73.1 Å². The van der Waals surface area contributed by atoms with Crippen molar-refractivity contribution in [1.82, 2.24) is 14.3 Å². The van der Waals surface area contributed by atoms with Crippen molar-refractivity contribution in [3.8, 4) is 16.9 Å². The molecule has 0 unspecified atom stereocenters. The van der Waals surface area contributed by atoms with Crippen molar-refractivity contribution in [2.45, 2.75) is 0 Å². The van der Waals surface area contributed by atoms with Gasteiger partial charge in [0.2, 0.25) is 0 Å². The standard InChI is InChI=1S/C25H23FN4O2/c1-32-23-5-3-2-4-22(23)28-12-14-29(15-13-28)25(31)21-17-30-16-19(8-11-24(30)27-21)18-6-9-20(26)10-7-18/h2-11,16-17H,12-15H2,1H3. The largest absolute Gasteiger partial charge is 0.495 e. The van der Waals surface area contributed by atoms with Crippen LogP contribution in [0, 0.1) is 5.82 Å². The maximum absolute atomic E-state index is 13.2. The predicted molar refractivity (Wildman–Crippen MR) is 122 cm³/mol. The zero-order valence-corrected chi connectivity index (χ0v) is 17.7. The number of rotatable bonds is 4. The van der Waals surface area contributed by atoms with Gasteiger partial charge < -0.3 is 18.9 Å². The first kappa shape index (κ1) is 20.1. The van der Waals surface area contributed by atoms with Gasteiger partial charge in [-0.2, -0.15) is 0 Å². The first-order chi connectivity index (χ1) is 15.6. The van der Waals surface area contributed by atoms with E-state index in [1.54, 1.807) is 25.4 Å². The summed E-state index contributed by atoms with van der Waals surface area (Å²) in [5, 5.41) is 0. The van der Waals surface area contributed by atoms with Crippen LogP contribution in [0.5, 0.6) is 5.75 Å². The molecule has 0 aliphatic carbocycles. The Bertz CT molecular complexity index is 1260. The van der Waals surface area contributed by atoms with Gasteiger partial charge in [0, 0.05) is 38.6 Å². The number of carbonyl (C=O) groups is 1. The fourth-order valence-corrected chi connectivity index (χ4v) is 4.11. The van der Waals surface area contributed by atoms with Crippen molar-refractivity contribution < 1.29 is 13.9 Å². The normalized spacial score (nSPS) is 14.1. The number of carbonyl (C=O) groups excluding carboxylic acids is 1. The van der Waals surface area contributed by atoms with E-state index >= 15 is 0 Å². The highest BCUT2D eigenvalue weighted by molar-refractivity contribution is 5.93. The average Bonchev–Trinajstić information content (AvgIpc) is 3.27. The Morgan fingerprint density at radius 1 is 0.906 bits per heavy atom. The lowest BCUT2D eigenvalue weighted by Crippen LogP contribution is -2.49. The highest BCUT2D eigenvalue weighted by Crippen LogP contribution is 2.28. The van der Waals surface area contributed by atoms with Gasteiger partial charge in [-0.25, -0.2) is 9.37 Å². The molecular weight excluding hydrogens is 407 g/mol. The number of aromatic nitrogens is 2. The second-order valence-corrected chi connectivity index (χ2v) is 7.77. The molecule has 0 N–H and O–H groups in total. The Morgan fingerprint density at radius 2 is 1.62 bits per heavy atom. The molecule has 1 saturated heterocycles. The SMILES string of the molecule is COc1ccccc1N1CCN(C(=O)c2cn3cc(-c4ccc(F)cc4)ccc3n2)CC1. The van der Waals surface area contributed by atoms with Gasteiger partial charge in [0.25, 0.3) is 5.91 Å². The first-order valence-corrected chi connectivity index (χ1v) is 10.5. The number of hydrogen-bond acceptors (Lipinski definition) is 4. The Hall–Kier alpha value is -3.87. The molecular formula is C25H23FN4O2. The van der Waals surface area contributed by atoms with Crippen molar-refractivity contribution in [3.05, 3.63) is 84.6 Å². The number of nitrogens with zero attached hydrogens (tertiary/aromatic N) is 4. The molecule has 0 saturated carbocycles. The van der Waals surface area contributed by atoms with E-state index < -0.39 is 0 Å². The smallest absolute Gasteiger partial charge is 0.274 e. The first-order valence-electron chi connectivity index (χ1n) is 10.5. The third-order valence-electron chi connectivity index (χ3n) is 5.84. The Kier molecular flexibility index (Phi) is 5.23.